The molecule has 2 aromatic rings. The van der Waals surface area contributed by atoms with Crippen LogP contribution in [-0.2, 0) is 4.79 Å². The standard InChI is InChI=1S/C21H20F2N2O3/c22-17-5-6-18(19(23)9-17)14-3-1-13(2-4-14)16-11-25(12-16)21(28)24-8-7-15(10-24)20(26)27/h1-6,9,15-16H,7-8,10-12H2,(H,26,27). The van der Waals surface area contributed by atoms with Crippen LogP contribution in [0.4, 0.5) is 13.6 Å². The zero-order chi connectivity index (χ0) is 19.8. The lowest BCUT2D eigenvalue weighted by molar-refractivity contribution is -0.141. The second-order valence-electron chi connectivity index (χ2n) is 7.40. The van der Waals surface area contributed by atoms with Gasteiger partial charge in [-0.25, -0.2) is 13.6 Å². The first-order valence-corrected chi connectivity index (χ1v) is 9.24. The Bertz CT molecular complexity index is 910. The molecule has 0 aromatic heterocycles. The van der Waals surface area contributed by atoms with Crippen molar-refractivity contribution in [1.29, 1.82) is 0 Å². The number of urea groups is 1. The van der Waals surface area contributed by atoms with E-state index in [-0.39, 0.29) is 18.5 Å². The van der Waals surface area contributed by atoms with Gasteiger partial charge in [0.15, 0.2) is 0 Å². The predicted molar refractivity (Wildman–Crippen MR) is 98.8 cm³/mol. The smallest absolute Gasteiger partial charge is 0.320 e. The number of aliphatic carboxylic acids is 1. The second kappa shape index (κ2) is 7.22. The molecule has 1 unspecified atom stereocenters. The molecular weight excluding hydrogens is 366 g/mol. The molecule has 2 heterocycles. The summed E-state index contributed by atoms with van der Waals surface area (Å²) < 4.78 is 27.0. The van der Waals surface area contributed by atoms with Crippen molar-refractivity contribution >= 4 is 12.0 Å². The molecule has 2 aliphatic rings. The molecule has 4 rings (SSSR count). The van der Waals surface area contributed by atoms with E-state index in [1.54, 1.807) is 21.9 Å². The molecule has 2 aliphatic heterocycles. The Hall–Kier alpha value is -2.96. The third-order valence-electron chi connectivity index (χ3n) is 5.58. The van der Waals surface area contributed by atoms with E-state index >= 15 is 0 Å². The van der Waals surface area contributed by atoms with Crippen LogP contribution in [0.2, 0.25) is 0 Å². The van der Waals surface area contributed by atoms with Crippen LogP contribution >= 0.6 is 0 Å². The maximum Gasteiger partial charge on any atom is 0.320 e. The van der Waals surface area contributed by atoms with Gasteiger partial charge in [0.2, 0.25) is 0 Å². The summed E-state index contributed by atoms with van der Waals surface area (Å²) in [4.78, 5) is 26.8. The van der Waals surface area contributed by atoms with Gasteiger partial charge in [-0.3, -0.25) is 4.79 Å². The molecule has 7 heteroatoms. The molecule has 2 fully saturated rings. The van der Waals surface area contributed by atoms with Gasteiger partial charge in [0.25, 0.3) is 0 Å². The van der Waals surface area contributed by atoms with Crippen molar-refractivity contribution in [3.63, 3.8) is 0 Å². The van der Waals surface area contributed by atoms with Gasteiger partial charge in [-0.15, -0.1) is 0 Å². The van der Waals surface area contributed by atoms with Crippen LogP contribution in [0.5, 0.6) is 0 Å². The lowest BCUT2D eigenvalue weighted by atomic mass is 9.90. The van der Waals surface area contributed by atoms with E-state index in [0.717, 1.165) is 11.6 Å². The third-order valence-corrected chi connectivity index (χ3v) is 5.58. The van der Waals surface area contributed by atoms with Crippen LogP contribution in [0.3, 0.4) is 0 Å². The Morgan fingerprint density at radius 3 is 2.29 bits per heavy atom. The number of halogens is 2. The number of carbonyl (C=O) groups excluding carboxylic acids is 1. The van der Waals surface area contributed by atoms with Gasteiger partial charge in [-0.1, -0.05) is 24.3 Å². The summed E-state index contributed by atoms with van der Waals surface area (Å²) in [5.41, 5.74) is 2.07. The maximum absolute atomic E-state index is 13.9. The average molecular weight is 386 g/mol. The summed E-state index contributed by atoms with van der Waals surface area (Å²) in [7, 11) is 0. The van der Waals surface area contributed by atoms with Crippen LogP contribution < -0.4 is 0 Å². The first-order chi connectivity index (χ1) is 13.4. The molecular formula is C21H20F2N2O3. The number of rotatable bonds is 3. The maximum atomic E-state index is 13.9. The lowest BCUT2D eigenvalue weighted by Gasteiger charge is -2.41. The highest BCUT2D eigenvalue weighted by molar-refractivity contribution is 5.78. The fourth-order valence-corrected chi connectivity index (χ4v) is 3.84. The quantitative estimate of drug-likeness (QED) is 0.878. The van der Waals surface area contributed by atoms with Crippen molar-refractivity contribution in [3.05, 3.63) is 59.7 Å². The van der Waals surface area contributed by atoms with Crippen molar-refractivity contribution in [3.8, 4) is 11.1 Å². The Morgan fingerprint density at radius 1 is 0.964 bits per heavy atom. The highest BCUT2D eigenvalue weighted by Gasteiger charge is 2.38. The molecule has 5 nitrogen and oxygen atoms in total. The van der Waals surface area contributed by atoms with E-state index < -0.39 is 23.5 Å². The van der Waals surface area contributed by atoms with Crippen LogP contribution in [0.15, 0.2) is 42.5 Å². The summed E-state index contributed by atoms with van der Waals surface area (Å²) in [6, 6.07) is 10.8. The fourth-order valence-electron chi connectivity index (χ4n) is 3.84. The number of hydrogen-bond acceptors (Lipinski definition) is 2. The SMILES string of the molecule is O=C(O)C1CCN(C(=O)N2CC(c3ccc(-c4ccc(F)cc4F)cc3)C2)C1. The molecule has 2 amide bonds. The number of hydrogen-bond donors (Lipinski definition) is 1. The normalized spacial score (nSPS) is 19.6. The van der Waals surface area contributed by atoms with Gasteiger partial charge in [0.05, 0.1) is 5.92 Å². The Labute approximate surface area is 161 Å². The summed E-state index contributed by atoms with van der Waals surface area (Å²) >= 11 is 0. The van der Waals surface area contributed by atoms with Gasteiger partial charge < -0.3 is 14.9 Å². The lowest BCUT2D eigenvalue weighted by Crippen LogP contribution is -2.53. The van der Waals surface area contributed by atoms with Crippen molar-refractivity contribution in [2.75, 3.05) is 26.2 Å². The van der Waals surface area contributed by atoms with Crippen LogP contribution in [0, 0.1) is 17.6 Å². The molecule has 2 saturated heterocycles. The Kier molecular flexibility index (Phi) is 4.75. The van der Waals surface area contributed by atoms with E-state index in [4.69, 9.17) is 5.11 Å². The highest BCUT2D eigenvalue weighted by atomic mass is 19.1. The first-order valence-electron chi connectivity index (χ1n) is 9.24. The average Bonchev–Trinajstić information content (AvgIpc) is 3.12. The molecule has 1 atom stereocenters. The van der Waals surface area contributed by atoms with Crippen molar-refractivity contribution in [1.82, 2.24) is 9.80 Å². The van der Waals surface area contributed by atoms with Crippen LogP contribution in [-0.4, -0.2) is 53.1 Å². The van der Waals surface area contributed by atoms with E-state index in [1.807, 2.05) is 12.1 Å². The molecule has 28 heavy (non-hydrogen) atoms. The van der Waals surface area contributed by atoms with Gasteiger partial charge >= 0.3 is 12.0 Å². The van der Waals surface area contributed by atoms with Crippen LogP contribution in [0.1, 0.15) is 17.9 Å². The van der Waals surface area contributed by atoms with E-state index in [0.29, 0.717) is 37.2 Å². The minimum atomic E-state index is -0.852. The third kappa shape index (κ3) is 3.44. The number of benzene rings is 2. The summed E-state index contributed by atoms with van der Waals surface area (Å²) in [5, 5.41) is 9.06. The summed E-state index contributed by atoms with van der Waals surface area (Å²) in [5.74, 6) is -2.33. The monoisotopic (exact) mass is 386 g/mol. The van der Waals surface area contributed by atoms with Gasteiger partial charge in [-0.2, -0.15) is 0 Å². The fraction of sp³-hybridized carbons (Fsp3) is 0.333. The Balaban J connectivity index is 1.36. The highest BCUT2D eigenvalue weighted by Crippen LogP contribution is 2.31. The molecule has 1 N–H and O–H groups in total. The van der Waals surface area contributed by atoms with E-state index in [9.17, 15) is 18.4 Å². The van der Waals surface area contributed by atoms with Crippen molar-refractivity contribution in [2.45, 2.75) is 12.3 Å². The predicted octanol–water partition coefficient (Wildman–Crippen LogP) is 3.56. The molecule has 0 saturated carbocycles. The number of carboxylic acids is 1. The molecule has 0 aliphatic carbocycles. The van der Waals surface area contributed by atoms with Gasteiger partial charge in [0, 0.05) is 43.7 Å². The van der Waals surface area contributed by atoms with E-state index in [1.165, 1.54) is 12.1 Å². The van der Waals surface area contributed by atoms with Crippen molar-refractivity contribution < 1.29 is 23.5 Å². The molecule has 146 valence electrons. The molecule has 0 bridgehead atoms. The van der Waals surface area contributed by atoms with E-state index in [2.05, 4.69) is 0 Å². The van der Waals surface area contributed by atoms with Gasteiger partial charge in [0.1, 0.15) is 11.6 Å². The largest absolute Gasteiger partial charge is 0.481 e. The first kappa shape index (κ1) is 18.4. The molecule has 2 aromatic carbocycles. The molecule has 0 radical (unpaired) electrons. The van der Waals surface area contributed by atoms with Crippen molar-refractivity contribution in [2.24, 2.45) is 5.92 Å². The van der Waals surface area contributed by atoms with Gasteiger partial charge in [-0.05, 0) is 29.7 Å². The summed E-state index contributed by atoms with van der Waals surface area (Å²) in [6.45, 7) is 1.91. The minimum Gasteiger partial charge on any atom is -0.481 e. The zero-order valence-corrected chi connectivity index (χ0v) is 15.1. The molecule has 0 spiro atoms. The second-order valence-corrected chi connectivity index (χ2v) is 7.40. The number of amides is 2. The number of carboxylic acid groups (broad SMARTS) is 1. The minimum absolute atomic E-state index is 0.106. The Morgan fingerprint density at radius 2 is 1.68 bits per heavy atom. The number of likely N-dealkylation sites (tertiary alicyclic amines) is 2. The van der Waals surface area contributed by atoms with Crippen LogP contribution in [0.25, 0.3) is 11.1 Å². The zero-order valence-electron chi connectivity index (χ0n) is 15.1. The topological polar surface area (TPSA) is 60.9 Å². The number of carbonyl (C=O) groups is 2. The number of nitrogens with zero attached hydrogens (tertiary/aromatic N) is 2. The summed E-state index contributed by atoms with van der Waals surface area (Å²) in [6.07, 6.45) is 0.500.